The lowest BCUT2D eigenvalue weighted by Crippen LogP contribution is -2.86. The van der Waals surface area contributed by atoms with Gasteiger partial charge in [0, 0.05) is 32.4 Å². The molecule has 1 saturated heterocycles. The molecule has 27 heavy (non-hydrogen) atoms. The zero-order valence-corrected chi connectivity index (χ0v) is 17.0. The molecule has 2 N–H and O–H groups in total. The van der Waals surface area contributed by atoms with E-state index in [1.165, 1.54) is 62.8 Å². The molecule has 148 valence electrons. The molecule has 0 unspecified atom stereocenters. The predicted octanol–water partition coefficient (Wildman–Crippen LogP) is 3.86. The monoisotopic (exact) mass is 369 g/mol. The van der Waals surface area contributed by atoms with Gasteiger partial charge in [0.15, 0.2) is 0 Å². The highest BCUT2D eigenvalue weighted by molar-refractivity contribution is 5.76. The van der Waals surface area contributed by atoms with Gasteiger partial charge in [-0.05, 0) is 30.7 Å². The van der Waals surface area contributed by atoms with Gasteiger partial charge < -0.3 is 10.2 Å². The van der Waals surface area contributed by atoms with Gasteiger partial charge in [0.05, 0.1) is 13.1 Å². The van der Waals surface area contributed by atoms with E-state index in [1.807, 2.05) is 6.07 Å². The lowest BCUT2D eigenvalue weighted by molar-refractivity contribution is -0.664. The van der Waals surface area contributed by atoms with Crippen LogP contribution in [0.2, 0.25) is 0 Å². The summed E-state index contributed by atoms with van der Waals surface area (Å²) < 4.78 is 0. The Morgan fingerprint density at radius 3 is 2.48 bits per heavy atom. The van der Waals surface area contributed by atoms with Crippen LogP contribution in [0.3, 0.4) is 0 Å². The first-order valence-electron chi connectivity index (χ1n) is 11.0. The Morgan fingerprint density at radius 1 is 1.07 bits per heavy atom. The van der Waals surface area contributed by atoms with Crippen LogP contribution in [0, 0.1) is 11.8 Å². The second-order valence-corrected chi connectivity index (χ2v) is 8.67. The Kier molecular flexibility index (Phi) is 7.94. The third-order valence-corrected chi connectivity index (χ3v) is 6.28. The van der Waals surface area contributed by atoms with E-state index >= 15 is 0 Å². The number of amides is 1. The summed E-state index contributed by atoms with van der Waals surface area (Å²) in [4.78, 5) is 15.2. The van der Waals surface area contributed by atoms with E-state index in [2.05, 4.69) is 47.5 Å². The molecule has 1 aromatic rings. The molecule has 3 rings (SSSR count). The minimum Gasteiger partial charge on any atom is -0.346 e. The molecule has 1 aliphatic heterocycles. The maximum absolute atomic E-state index is 13.1. The van der Waals surface area contributed by atoms with E-state index in [-0.39, 0.29) is 0 Å². The number of hydrogen-bond acceptors (Lipinski definition) is 1. The zero-order valence-electron chi connectivity index (χ0n) is 17.0. The largest absolute Gasteiger partial charge is 0.346 e. The van der Waals surface area contributed by atoms with Gasteiger partial charge in [0.1, 0.15) is 0 Å². The van der Waals surface area contributed by atoms with Crippen molar-refractivity contribution in [2.24, 2.45) is 11.8 Å². The predicted molar refractivity (Wildman–Crippen MR) is 112 cm³/mol. The smallest absolute Gasteiger partial charge is 0.222 e. The molecule has 1 aromatic carbocycles. The molecule has 0 spiro atoms. The van der Waals surface area contributed by atoms with Crippen LogP contribution < -0.4 is 5.32 Å². The highest BCUT2D eigenvalue weighted by atomic mass is 16.2. The van der Waals surface area contributed by atoms with Crippen LogP contribution in [0.15, 0.2) is 35.9 Å². The van der Waals surface area contributed by atoms with Gasteiger partial charge >= 0.3 is 0 Å². The molecule has 2 aliphatic rings. The summed E-state index contributed by atoms with van der Waals surface area (Å²) in [5.74, 6) is 1.84. The van der Waals surface area contributed by atoms with Crippen LogP contribution >= 0.6 is 0 Å². The van der Waals surface area contributed by atoms with Gasteiger partial charge in [-0.15, -0.1) is 0 Å². The van der Waals surface area contributed by atoms with Crippen molar-refractivity contribution in [1.82, 2.24) is 4.90 Å². The second-order valence-electron chi connectivity index (χ2n) is 8.67. The normalized spacial score (nSPS) is 19.4. The molecular weight excluding hydrogens is 332 g/mol. The van der Waals surface area contributed by atoms with E-state index < -0.39 is 0 Å². The highest BCUT2D eigenvalue weighted by Crippen LogP contribution is 2.29. The van der Waals surface area contributed by atoms with Gasteiger partial charge in [-0.1, -0.05) is 67.7 Å². The van der Waals surface area contributed by atoms with Gasteiger partial charge in [-0.25, -0.2) is 0 Å². The Balaban J connectivity index is 1.60. The molecule has 1 aliphatic carbocycles. The van der Waals surface area contributed by atoms with Crippen LogP contribution in [-0.2, 0) is 4.79 Å². The maximum Gasteiger partial charge on any atom is 0.222 e. The number of nitrogens with zero attached hydrogens (tertiary/aromatic N) is 1. The number of carbonyl (C=O) groups is 1. The molecule has 3 heteroatoms. The molecule has 3 nitrogen and oxygen atoms in total. The van der Waals surface area contributed by atoms with Crippen molar-refractivity contribution in [1.29, 1.82) is 0 Å². The van der Waals surface area contributed by atoms with E-state index in [1.54, 1.807) is 0 Å². The van der Waals surface area contributed by atoms with E-state index in [0.29, 0.717) is 11.8 Å². The number of carbonyl (C=O) groups excluding carboxylic acids is 1. The molecule has 0 radical (unpaired) electrons. The lowest BCUT2D eigenvalue weighted by atomic mass is 9.96. The van der Waals surface area contributed by atoms with Crippen LogP contribution in [0.25, 0.3) is 6.08 Å². The van der Waals surface area contributed by atoms with Gasteiger partial charge in [0.25, 0.3) is 0 Å². The molecule has 0 aromatic heterocycles. The first kappa shape index (κ1) is 20.1. The third kappa shape index (κ3) is 6.80. The first-order valence-corrected chi connectivity index (χ1v) is 11.0. The summed E-state index contributed by atoms with van der Waals surface area (Å²) in [5, 5.41) is 2.41. The fourth-order valence-corrected chi connectivity index (χ4v) is 4.71. The average molecular weight is 370 g/mol. The van der Waals surface area contributed by atoms with Crippen LogP contribution in [0.4, 0.5) is 0 Å². The first-order chi connectivity index (χ1) is 13.2. The van der Waals surface area contributed by atoms with Crippen molar-refractivity contribution >= 4 is 12.0 Å². The summed E-state index contributed by atoms with van der Waals surface area (Å²) in [5.41, 5.74) is 2.50. The summed E-state index contributed by atoms with van der Waals surface area (Å²) in [6.45, 7) is 6.32. The molecule has 2 fully saturated rings. The SMILES string of the molecule is C/C(=C/c1ccccc1)CN(CC1CC[NH2+]CC1)C(=O)CCC1CCCC1. The molecular formula is C24H37N2O+. The van der Waals surface area contributed by atoms with Crippen LogP contribution in [0.1, 0.15) is 63.9 Å². The molecule has 1 saturated carbocycles. The molecule has 1 heterocycles. The van der Waals surface area contributed by atoms with Gasteiger partial charge in [-0.3, -0.25) is 4.79 Å². The van der Waals surface area contributed by atoms with Crippen LogP contribution in [0.5, 0.6) is 0 Å². The van der Waals surface area contributed by atoms with Gasteiger partial charge in [-0.2, -0.15) is 0 Å². The topological polar surface area (TPSA) is 36.9 Å². The van der Waals surface area contributed by atoms with E-state index in [0.717, 1.165) is 31.8 Å². The standard InChI is InChI=1S/C24H36N2O/c1-20(17-22-9-3-2-4-10-22)18-26(19-23-13-15-25-16-14-23)24(27)12-11-21-7-5-6-8-21/h2-4,9-10,17,21,23,25H,5-8,11-16,18-19H2,1H3/p+1/b20-17-. The second kappa shape index (κ2) is 10.7. The van der Waals surface area contributed by atoms with Crippen molar-refractivity contribution < 1.29 is 10.1 Å². The number of rotatable bonds is 8. The van der Waals surface area contributed by atoms with Gasteiger partial charge in [0.2, 0.25) is 5.91 Å². The van der Waals surface area contributed by atoms with E-state index in [9.17, 15) is 4.79 Å². The minimum absolute atomic E-state index is 0.372. The van der Waals surface area contributed by atoms with E-state index in [4.69, 9.17) is 0 Å². The minimum atomic E-state index is 0.372. The zero-order chi connectivity index (χ0) is 18.9. The van der Waals surface area contributed by atoms with Crippen molar-refractivity contribution in [3.8, 4) is 0 Å². The number of piperidine rings is 1. The molecule has 1 amide bonds. The van der Waals surface area contributed by atoms with Crippen molar-refractivity contribution in [2.75, 3.05) is 26.2 Å². The third-order valence-electron chi connectivity index (χ3n) is 6.28. The summed E-state index contributed by atoms with van der Waals surface area (Å²) in [6, 6.07) is 10.5. The lowest BCUT2D eigenvalue weighted by Gasteiger charge is -2.30. The number of quaternary nitrogens is 1. The Bertz CT molecular complexity index is 598. The summed E-state index contributed by atoms with van der Waals surface area (Å²) in [7, 11) is 0. The fourth-order valence-electron chi connectivity index (χ4n) is 4.71. The molecule has 0 atom stereocenters. The number of benzene rings is 1. The summed E-state index contributed by atoms with van der Waals surface area (Å²) in [6.07, 6.45) is 11.9. The number of hydrogen-bond donors (Lipinski definition) is 1. The molecule has 0 bridgehead atoms. The quantitative estimate of drug-likeness (QED) is 0.742. The maximum atomic E-state index is 13.1. The van der Waals surface area contributed by atoms with Crippen molar-refractivity contribution in [3.63, 3.8) is 0 Å². The number of nitrogens with two attached hydrogens (primary N) is 1. The average Bonchev–Trinajstić information content (AvgIpc) is 3.21. The van der Waals surface area contributed by atoms with Crippen molar-refractivity contribution in [2.45, 2.75) is 58.3 Å². The van der Waals surface area contributed by atoms with Crippen LogP contribution in [-0.4, -0.2) is 37.0 Å². The Hall–Kier alpha value is -1.61. The Labute approximate surface area is 165 Å². The fraction of sp³-hybridized carbons (Fsp3) is 0.625. The Morgan fingerprint density at radius 2 is 1.78 bits per heavy atom. The van der Waals surface area contributed by atoms with Crippen molar-refractivity contribution in [3.05, 3.63) is 41.5 Å². The highest BCUT2D eigenvalue weighted by Gasteiger charge is 2.23. The summed E-state index contributed by atoms with van der Waals surface area (Å²) >= 11 is 0.